The fraction of sp³-hybridized carbons (Fsp3) is 0.579. The van der Waals surface area contributed by atoms with Gasteiger partial charge in [-0.2, -0.15) is 0 Å². The predicted octanol–water partition coefficient (Wildman–Crippen LogP) is -0.00720. The van der Waals surface area contributed by atoms with Crippen molar-refractivity contribution in [3.63, 3.8) is 0 Å². The Labute approximate surface area is 185 Å². The molecule has 0 spiro atoms. The third-order valence-corrected chi connectivity index (χ3v) is 5.87. The molecule has 0 radical (unpaired) electrons. The second kappa shape index (κ2) is 10.7. The van der Waals surface area contributed by atoms with Crippen molar-refractivity contribution in [1.82, 2.24) is 20.4 Å². The molecular formula is C19H26Cl2N4O5. The number of nitrogens with zero attached hydrogens (tertiary/aromatic N) is 2. The summed E-state index contributed by atoms with van der Waals surface area (Å²) < 4.78 is 10.6. The third kappa shape index (κ3) is 5.61. The first-order chi connectivity index (χ1) is 14.4. The minimum absolute atomic E-state index is 0.0378. The van der Waals surface area contributed by atoms with E-state index in [2.05, 4.69) is 10.6 Å². The van der Waals surface area contributed by atoms with Crippen LogP contribution in [0.4, 0.5) is 0 Å². The Balaban J connectivity index is 1.74. The van der Waals surface area contributed by atoms with E-state index in [0.29, 0.717) is 52.6 Å². The molecule has 0 unspecified atom stereocenters. The van der Waals surface area contributed by atoms with Gasteiger partial charge in [-0.3, -0.25) is 19.4 Å². The van der Waals surface area contributed by atoms with Crippen LogP contribution in [0.5, 0.6) is 0 Å². The number of amides is 2. The van der Waals surface area contributed by atoms with Crippen molar-refractivity contribution in [2.45, 2.75) is 5.60 Å². The summed E-state index contributed by atoms with van der Waals surface area (Å²) in [7, 11) is 0. The summed E-state index contributed by atoms with van der Waals surface area (Å²) in [6.45, 7) is 5.21. The first kappa shape index (κ1) is 23.2. The van der Waals surface area contributed by atoms with Gasteiger partial charge in [-0.05, 0) is 12.1 Å². The largest absolute Gasteiger partial charge is 0.379 e. The van der Waals surface area contributed by atoms with E-state index in [1.165, 1.54) is 18.2 Å². The normalized spacial score (nSPS) is 18.8. The molecule has 0 aliphatic carbocycles. The number of ether oxygens (including phenoxy) is 2. The molecule has 0 atom stereocenters. The molecule has 0 saturated carbocycles. The summed E-state index contributed by atoms with van der Waals surface area (Å²) in [6.07, 6.45) is 0. The van der Waals surface area contributed by atoms with Crippen molar-refractivity contribution in [1.29, 1.82) is 0 Å². The van der Waals surface area contributed by atoms with Gasteiger partial charge in [0.25, 0.3) is 11.8 Å². The molecular weight excluding hydrogens is 435 g/mol. The molecule has 3 rings (SSSR count). The molecule has 2 fully saturated rings. The van der Waals surface area contributed by atoms with Crippen molar-refractivity contribution in [2.24, 2.45) is 0 Å². The van der Waals surface area contributed by atoms with Crippen molar-refractivity contribution in [3.8, 4) is 0 Å². The Morgan fingerprint density at radius 3 is 1.80 bits per heavy atom. The monoisotopic (exact) mass is 460 g/mol. The maximum absolute atomic E-state index is 13.0. The molecule has 30 heavy (non-hydrogen) atoms. The lowest BCUT2D eigenvalue weighted by Gasteiger charge is -2.32. The van der Waals surface area contributed by atoms with E-state index in [0.717, 1.165) is 0 Å². The van der Waals surface area contributed by atoms with Crippen LogP contribution in [0.15, 0.2) is 18.2 Å². The maximum atomic E-state index is 13.0. The minimum Gasteiger partial charge on any atom is -0.379 e. The molecule has 1 aromatic carbocycles. The number of morpholine rings is 2. The van der Waals surface area contributed by atoms with E-state index in [-0.39, 0.29) is 28.9 Å². The zero-order valence-electron chi connectivity index (χ0n) is 16.5. The number of carbonyl (C=O) groups is 2. The van der Waals surface area contributed by atoms with Crippen LogP contribution >= 0.6 is 23.2 Å². The molecule has 2 aliphatic heterocycles. The average Bonchev–Trinajstić information content (AvgIpc) is 2.78. The summed E-state index contributed by atoms with van der Waals surface area (Å²) in [4.78, 5) is 29.9. The van der Waals surface area contributed by atoms with Crippen molar-refractivity contribution in [3.05, 3.63) is 33.8 Å². The highest BCUT2D eigenvalue weighted by molar-refractivity contribution is 6.42. The fourth-order valence-corrected chi connectivity index (χ4v) is 3.53. The van der Waals surface area contributed by atoms with Gasteiger partial charge in [0.2, 0.25) is 5.60 Å². The first-order valence-electron chi connectivity index (χ1n) is 9.76. The molecule has 3 N–H and O–H groups in total. The van der Waals surface area contributed by atoms with E-state index in [9.17, 15) is 14.7 Å². The zero-order valence-corrected chi connectivity index (χ0v) is 18.0. The number of rotatable bonds is 7. The Morgan fingerprint density at radius 1 is 0.900 bits per heavy atom. The molecule has 2 amide bonds. The van der Waals surface area contributed by atoms with Crippen LogP contribution in [0, 0.1) is 0 Å². The van der Waals surface area contributed by atoms with Crippen LogP contribution in [-0.2, 0) is 24.7 Å². The number of hydrogen-bond donors (Lipinski definition) is 3. The second-order valence-corrected chi connectivity index (χ2v) is 7.94. The summed E-state index contributed by atoms with van der Waals surface area (Å²) in [5.41, 5.74) is -2.43. The van der Waals surface area contributed by atoms with Gasteiger partial charge < -0.3 is 25.2 Å². The van der Waals surface area contributed by atoms with Gasteiger partial charge in [0, 0.05) is 31.7 Å². The van der Waals surface area contributed by atoms with Crippen LogP contribution < -0.4 is 10.6 Å². The molecule has 2 saturated heterocycles. The van der Waals surface area contributed by atoms with E-state index in [1.807, 2.05) is 9.80 Å². The third-order valence-electron chi connectivity index (χ3n) is 5.13. The lowest BCUT2D eigenvalue weighted by molar-refractivity contribution is -0.156. The zero-order chi connectivity index (χ0) is 21.6. The van der Waals surface area contributed by atoms with Gasteiger partial charge in [0.1, 0.15) is 0 Å². The van der Waals surface area contributed by atoms with Gasteiger partial charge in [-0.1, -0.05) is 29.3 Å². The van der Waals surface area contributed by atoms with Crippen molar-refractivity contribution >= 4 is 35.0 Å². The number of hydrogen-bond acceptors (Lipinski definition) is 7. The van der Waals surface area contributed by atoms with Crippen LogP contribution in [0.3, 0.4) is 0 Å². The maximum Gasteiger partial charge on any atom is 0.267 e. The molecule has 2 heterocycles. The molecule has 0 bridgehead atoms. The van der Waals surface area contributed by atoms with Gasteiger partial charge in [0.05, 0.1) is 49.8 Å². The SMILES string of the molecule is O=C(NCN1CCOCC1)C(O)(C(=O)NCN1CCOCC1)c1ccc(Cl)c(Cl)c1. The molecule has 166 valence electrons. The van der Waals surface area contributed by atoms with Crippen LogP contribution in [0.1, 0.15) is 5.56 Å². The fourth-order valence-electron chi connectivity index (χ4n) is 3.23. The van der Waals surface area contributed by atoms with Gasteiger partial charge in [0.15, 0.2) is 0 Å². The van der Waals surface area contributed by atoms with Gasteiger partial charge in [-0.15, -0.1) is 0 Å². The van der Waals surface area contributed by atoms with Crippen molar-refractivity contribution < 1.29 is 24.2 Å². The summed E-state index contributed by atoms with van der Waals surface area (Å²) in [5.74, 6) is -1.68. The van der Waals surface area contributed by atoms with Gasteiger partial charge in [-0.25, -0.2) is 0 Å². The summed E-state index contributed by atoms with van der Waals surface area (Å²) in [6, 6.07) is 4.18. The van der Waals surface area contributed by atoms with Crippen LogP contribution in [0.25, 0.3) is 0 Å². The lowest BCUT2D eigenvalue weighted by Crippen LogP contribution is -2.58. The van der Waals surface area contributed by atoms with E-state index in [4.69, 9.17) is 32.7 Å². The van der Waals surface area contributed by atoms with E-state index < -0.39 is 17.4 Å². The number of halogens is 2. The van der Waals surface area contributed by atoms with Gasteiger partial charge >= 0.3 is 0 Å². The number of nitrogens with one attached hydrogen (secondary N) is 2. The smallest absolute Gasteiger partial charge is 0.267 e. The minimum atomic E-state index is -2.47. The Bertz CT molecular complexity index is 720. The summed E-state index contributed by atoms with van der Waals surface area (Å²) >= 11 is 12.0. The Kier molecular flexibility index (Phi) is 8.29. The molecule has 1 aromatic rings. The molecule has 2 aliphatic rings. The summed E-state index contributed by atoms with van der Waals surface area (Å²) in [5, 5.41) is 17.0. The Hall–Kier alpha value is -1.46. The average molecular weight is 461 g/mol. The van der Waals surface area contributed by atoms with Crippen molar-refractivity contribution in [2.75, 3.05) is 65.9 Å². The predicted molar refractivity (Wildman–Crippen MR) is 111 cm³/mol. The number of aliphatic hydroxyl groups is 1. The van der Waals surface area contributed by atoms with E-state index in [1.54, 1.807) is 0 Å². The number of carbonyl (C=O) groups excluding carboxylic acids is 2. The van der Waals surface area contributed by atoms with Crippen LogP contribution in [-0.4, -0.2) is 92.7 Å². The second-order valence-electron chi connectivity index (χ2n) is 7.13. The highest BCUT2D eigenvalue weighted by Gasteiger charge is 2.46. The molecule has 0 aromatic heterocycles. The number of benzene rings is 1. The molecule has 11 heteroatoms. The molecule has 9 nitrogen and oxygen atoms in total. The quantitative estimate of drug-likeness (QED) is 0.491. The van der Waals surface area contributed by atoms with E-state index >= 15 is 0 Å². The first-order valence-corrected chi connectivity index (χ1v) is 10.5. The highest BCUT2D eigenvalue weighted by atomic mass is 35.5. The lowest BCUT2D eigenvalue weighted by atomic mass is 9.91. The standard InChI is InChI=1S/C19H26Cl2N4O5/c20-15-2-1-14(11-16(15)21)19(28,17(26)22-12-24-3-7-29-8-4-24)18(27)23-13-25-5-9-30-10-6-25/h1-2,11,28H,3-10,12-13H2,(H,22,26)(H,23,27). The van der Waals surface area contributed by atoms with Crippen LogP contribution in [0.2, 0.25) is 10.0 Å². The topological polar surface area (TPSA) is 103 Å². The Morgan fingerprint density at radius 2 is 1.37 bits per heavy atom. The highest BCUT2D eigenvalue weighted by Crippen LogP contribution is 2.29.